The number of carbonyl (C=O) groups excluding carboxylic acids is 1. The van der Waals surface area contributed by atoms with Crippen LogP contribution in [0.4, 0.5) is 0 Å². The van der Waals surface area contributed by atoms with E-state index in [2.05, 4.69) is 48.8 Å². The molecule has 0 fully saturated rings. The van der Waals surface area contributed by atoms with Crippen molar-refractivity contribution >= 4 is 21.7 Å². The quantitative estimate of drug-likeness (QED) is 0.736. The molecule has 0 N–H and O–H groups in total. The van der Waals surface area contributed by atoms with Crippen LogP contribution < -0.4 is 0 Å². The van der Waals surface area contributed by atoms with Crippen LogP contribution in [0, 0.1) is 26.7 Å². The highest BCUT2D eigenvalue weighted by molar-refractivity contribution is 9.10. The number of benzene rings is 1. The lowest BCUT2D eigenvalue weighted by Crippen LogP contribution is -1.98. The molecule has 1 nitrogen and oxygen atoms in total. The van der Waals surface area contributed by atoms with Crippen LogP contribution >= 0.6 is 15.9 Å². The Morgan fingerprint density at radius 3 is 1.69 bits per heavy atom. The van der Waals surface area contributed by atoms with Crippen molar-refractivity contribution in [1.82, 2.24) is 0 Å². The maximum Gasteiger partial charge on any atom is 0.132 e. The Morgan fingerprint density at radius 2 is 1.44 bits per heavy atom. The molecular formula is C14H21BrO. The van der Waals surface area contributed by atoms with Gasteiger partial charge in [-0.1, -0.05) is 47.5 Å². The van der Waals surface area contributed by atoms with E-state index in [1.807, 2.05) is 13.8 Å². The smallest absolute Gasteiger partial charge is 0.132 e. The van der Waals surface area contributed by atoms with Gasteiger partial charge in [0, 0.05) is 10.4 Å². The molecule has 0 amide bonds. The molecule has 0 aliphatic carbocycles. The van der Waals surface area contributed by atoms with Gasteiger partial charge in [0.05, 0.1) is 0 Å². The highest BCUT2D eigenvalue weighted by Gasteiger charge is 1.97. The Kier molecular flexibility index (Phi) is 6.58. The van der Waals surface area contributed by atoms with E-state index in [0.29, 0.717) is 0 Å². The number of hydrogen-bond acceptors (Lipinski definition) is 1. The number of hydrogen-bond donors (Lipinski definition) is 0. The normalized spacial score (nSPS) is 9.75. The van der Waals surface area contributed by atoms with Crippen molar-refractivity contribution < 1.29 is 4.79 Å². The highest BCUT2D eigenvalue weighted by Crippen LogP contribution is 2.21. The number of carbonyl (C=O) groups is 1. The zero-order valence-electron chi connectivity index (χ0n) is 11.0. The van der Waals surface area contributed by atoms with Gasteiger partial charge in [-0.15, -0.1) is 0 Å². The van der Waals surface area contributed by atoms with Gasteiger partial charge in [0.25, 0.3) is 0 Å². The van der Waals surface area contributed by atoms with Crippen LogP contribution in [0.15, 0.2) is 16.6 Å². The molecule has 0 spiro atoms. The minimum Gasteiger partial charge on any atom is -0.300 e. The lowest BCUT2D eigenvalue weighted by atomic mass is 10.1. The second kappa shape index (κ2) is 6.85. The molecule has 0 saturated carbocycles. The third-order valence-electron chi connectivity index (χ3n) is 2.39. The van der Waals surface area contributed by atoms with Gasteiger partial charge >= 0.3 is 0 Å². The fourth-order valence-corrected chi connectivity index (χ4v) is 1.39. The molecular weight excluding hydrogens is 264 g/mol. The van der Waals surface area contributed by atoms with Crippen molar-refractivity contribution in [3.63, 3.8) is 0 Å². The predicted molar refractivity (Wildman–Crippen MR) is 73.9 cm³/mol. The molecule has 1 aromatic carbocycles. The van der Waals surface area contributed by atoms with Crippen LogP contribution in [-0.2, 0) is 4.79 Å². The zero-order valence-corrected chi connectivity index (χ0v) is 12.6. The third kappa shape index (κ3) is 5.45. The Bertz CT molecular complexity index is 344. The van der Waals surface area contributed by atoms with E-state index in [0.717, 1.165) is 0 Å². The lowest BCUT2D eigenvalue weighted by Gasteiger charge is -2.03. The first-order valence-electron chi connectivity index (χ1n) is 5.49. The van der Waals surface area contributed by atoms with Crippen molar-refractivity contribution in [3.05, 3.63) is 33.3 Å². The minimum absolute atomic E-state index is 0.213. The fraction of sp³-hybridized carbons (Fsp3) is 0.500. The molecule has 90 valence electrons. The molecule has 0 unspecified atom stereocenters. The monoisotopic (exact) mass is 284 g/mol. The summed E-state index contributed by atoms with van der Waals surface area (Å²) < 4.78 is 1.23. The SMILES string of the molecule is CC(=O)C(C)C.Cc1cc(C)c(Br)c(C)c1. The molecule has 0 atom stereocenters. The van der Waals surface area contributed by atoms with Crippen molar-refractivity contribution in [3.8, 4) is 0 Å². The minimum atomic E-state index is 0.213. The Hall–Kier alpha value is -0.630. The molecule has 0 aliphatic heterocycles. The maximum absolute atomic E-state index is 10.1. The van der Waals surface area contributed by atoms with Gasteiger partial charge in [-0.05, 0) is 38.8 Å². The van der Waals surface area contributed by atoms with E-state index in [-0.39, 0.29) is 11.7 Å². The van der Waals surface area contributed by atoms with Gasteiger partial charge in [0.15, 0.2) is 0 Å². The molecule has 16 heavy (non-hydrogen) atoms. The Labute approximate surface area is 107 Å². The van der Waals surface area contributed by atoms with E-state index in [4.69, 9.17) is 0 Å². The van der Waals surface area contributed by atoms with Crippen LogP contribution in [0.25, 0.3) is 0 Å². The summed E-state index contributed by atoms with van der Waals surface area (Å²) in [5, 5.41) is 0. The Balaban J connectivity index is 0.000000325. The first kappa shape index (κ1) is 15.4. The number of rotatable bonds is 1. The molecule has 0 aliphatic rings. The summed E-state index contributed by atoms with van der Waals surface area (Å²) in [6.07, 6.45) is 0. The van der Waals surface area contributed by atoms with Crippen molar-refractivity contribution in [2.45, 2.75) is 41.5 Å². The first-order valence-corrected chi connectivity index (χ1v) is 6.28. The summed E-state index contributed by atoms with van der Waals surface area (Å²) in [7, 11) is 0. The molecule has 0 radical (unpaired) electrons. The summed E-state index contributed by atoms with van der Waals surface area (Å²) in [6.45, 7) is 11.7. The summed E-state index contributed by atoms with van der Waals surface area (Å²) in [5.41, 5.74) is 3.97. The predicted octanol–water partition coefficient (Wildman–Crippen LogP) is 4.61. The number of aryl methyl sites for hydroxylation is 3. The average molecular weight is 285 g/mol. The van der Waals surface area contributed by atoms with E-state index in [1.54, 1.807) is 6.92 Å². The molecule has 0 heterocycles. The molecule has 0 saturated heterocycles. The lowest BCUT2D eigenvalue weighted by molar-refractivity contribution is -0.119. The molecule has 0 bridgehead atoms. The van der Waals surface area contributed by atoms with Crippen molar-refractivity contribution in [1.29, 1.82) is 0 Å². The second-order valence-electron chi connectivity index (χ2n) is 4.48. The summed E-state index contributed by atoms with van der Waals surface area (Å²) in [4.78, 5) is 10.1. The summed E-state index contributed by atoms with van der Waals surface area (Å²) in [5.74, 6) is 0.472. The van der Waals surface area contributed by atoms with E-state index < -0.39 is 0 Å². The largest absolute Gasteiger partial charge is 0.300 e. The highest BCUT2D eigenvalue weighted by atomic mass is 79.9. The second-order valence-corrected chi connectivity index (χ2v) is 5.27. The van der Waals surface area contributed by atoms with Crippen LogP contribution in [0.1, 0.15) is 37.5 Å². The zero-order chi connectivity index (χ0) is 12.9. The Morgan fingerprint density at radius 1 is 1.12 bits per heavy atom. The van der Waals surface area contributed by atoms with Crippen molar-refractivity contribution in [2.24, 2.45) is 5.92 Å². The average Bonchev–Trinajstić information content (AvgIpc) is 2.14. The fourth-order valence-electron chi connectivity index (χ4n) is 1.16. The van der Waals surface area contributed by atoms with Crippen LogP contribution in [0.5, 0.6) is 0 Å². The van der Waals surface area contributed by atoms with E-state index >= 15 is 0 Å². The van der Waals surface area contributed by atoms with E-state index in [1.165, 1.54) is 21.2 Å². The summed E-state index contributed by atoms with van der Waals surface area (Å²) in [6, 6.07) is 4.36. The maximum atomic E-state index is 10.1. The molecule has 2 heteroatoms. The van der Waals surface area contributed by atoms with Gasteiger partial charge in [-0.25, -0.2) is 0 Å². The van der Waals surface area contributed by atoms with Gasteiger partial charge in [-0.3, -0.25) is 4.79 Å². The molecule has 0 aromatic heterocycles. The summed E-state index contributed by atoms with van der Waals surface area (Å²) >= 11 is 3.51. The van der Waals surface area contributed by atoms with E-state index in [9.17, 15) is 4.79 Å². The van der Waals surface area contributed by atoms with Gasteiger partial charge in [-0.2, -0.15) is 0 Å². The van der Waals surface area contributed by atoms with Gasteiger partial charge in [0.1, 0.15) is 5.78 Å². The van der Waals surface area contributed by atoms with Crippen LogP contribution in [0.2, 0.25) is 0 Å². The van der Waals surface area contributed by atoms with Crippen LogP contribution in [0.3, 0.4) is 0 Å². The number of ketones is 1. The molecule has 1 rings (SSSR count). The topological polar surface area (TPSA) is 17.1 Å². The number of Topliss-reactive ketones (excluding diaryl/α,β-unsaturated/α-hetero) is 1. The first-order chi connectivity index (χ1) is 7.25. The van der Waals surface area contributed by atoms with Gasteiger partial charge < -0.3 is 0 Å². The van der Waals surface area contributed by atoms with Crippen molar-refractivity contribution in [2.75, 3.05) is 0 Å². The third-order valence-corrected chi connectivity index (χ3v) is 3.64. The van der Waals surface area contributed by atoms with Gasteiger partial charge in [0.2, 0.25) is 0 Å². The molecule has 1 aromatic rings. The van der Waals surface area contributed by atoms with Crippen LogP contribution in [-0.4, -0.2) is 5.78 Å². The number of halogens is 1. The standard InChI is InChI=1S/C9H11Br.C5H10O/c1-6-4-7(2)9(10)8(3)5-6;1-4(2)5(3)6/h4-5H,1-3H3;4H,1-3H3.